The number of carboxylic acid groups (broad SMARTS) is 1. The van der Waals surface area contributed by atoms with Crippen molar-refractivity contribution in [2.24, 2.45) is 17.8 Å². The van der Waals surface area contributed by atoms with Gasteiger partial charge < -0.3 is 29.9 Å². The smallest absolute Gasteiger partial charge is 0.322 e. The number of hydrogen-bond donors (Lipinski definition) is 2. The Bertz CT molecular complexity index is 1690. The van der Waals surface area contributed by atoms with Crippen LogP contribution < -0.4 is 10.4 Å². The SMILES string of the molecule is O=C([O-])CN1CCC(C2CCN(C(=O)C(CC(=O)N3CCC(N4CCc5ccccc5NC4=O)CC3)Cc3ccc4[nH]ncc4c3)CC2)CC1. The van der Waals surface area contributed by atoms with Crippen molar-refractivity contribution in [1.29, 1.82) is 0 Å². The molecule has 2 N–H and O–H groups in total. The van der Waals surface area contributed by atoms with Crippen LogP contribution in [0.25, 0.3) is 10.9 Å². The molecular formula is C38H48N7O5-. The number of para-hydroxylation sites is 1. The summed E-state index contributed by atoms with van der Waals surface area (Å²) in [6.45, 7) is 4.69. The highest BCUT2D eigenvalue weighted by molar-refractivity contribution is 5.91. The average Bonchev–Trinajstić information content (AvgIpc) is 3.53. The van der Waals surface area contributed by atoms with Crippen LogP contribution in [-0.2, 0) is 27.2 Å². The molecule has 1 atom stereocenters. The van der Waals surface area contributed by atoms with Crippen LogP contribution in [0, 0.1) is 17.8 Å². The van der Waals surface area contributed by atoms with Gasteiger partial charge >= 0.3 is 6.03 Å². The number of H-pyrrole nitrogens is 1. The van der Waals surface area contributed by atoms with Crippen molar-refractivity contribution in [3.63, 3.8) is 0 Å². The molecule has 3 saturated heterocycles. The zero-order valence-corrected chi connectivity index (χ0v) is 28.7. The fourth-order valence-corrected chi connectivity index (χ4v) is 8.77. The number of rotatable bonds is 9. The number of likely N-dealkylation sites (tertiary alicyclic amines) is 3. The molecule has 2 aromatic carbocycles. The fraction of sp³-hybridized carbons (Fsp3) is 0.553. The lowest BCUT2D eigenvalue weighted by atomic mass is 9.78. The molecule has 3 aromatic rings. The van der Waals surface area contributed by atoms with Gasteiger partial charge in [0.2, 0.25) is 11.8 Å². The number of benzene rings is 2. The van der Waals surface area contributed by atoms with Crippen LogP contribution in [0.3, 0.4) is 0 Å². The Labute approximate surface area is 293 Å². The van der Waals surface area contributed by atoms with Gasteiger partial charge in [0, 0.05) is 62.8 Å². The molecule has 0 spiro atoms. The molecule has 7 rings (SSSR count). The minimum Gasteiger partial charge on any atom is -0.549 e. The number of urea groups is 1. The van der Waals surface area contributed by atoms with Crippen LogP contribution in [-0.4, -0.2) is 112 Å². The summed E-state index contributed by atoms with van der Waals surface area (Å²) < 4.78 is 0. The van der Waals surface area contributed by atoms with Crippen LogP contribution in [0.1, 0.15) is 56.1 Å². The van der Waals surface area contributed by atoms with Gasteiger partial charge in [-0.2, -0.15) is 5.10 Å². The van der Waals surface area contributed by atoms with Gasteiger partial charge in [0.15, 0.2) is 0 Å². The maximum atomic E-state index is 14.2. The molecule has 3 fully saturated rings. The highest BCUT2D eigenvalue weighted by Gasteiger charge is 2.36. The Morgan fingerprint density at radius 3 is 2.30 bits per heavy atom. The summed E-state index contributed by atoms with van der Waals surface area (Å²) in [5.74, 6) is -0.382. The van der Waals surface area contributed by atoms with E-state index in [9.17, 15) is 24.3 Å². The second-order valence-electron chi connectivity index (χ2n) is 14.7. The first-order valence-electron chi connectivity index (χ1n) is 18.4. The first kappa shape index (κ1) is 34.0. The van der Waals surface area contributed by atoms with Gasteiger partial charge in [0.1, 0.15) is 0 Å². The number of amides is 4. The normalized spacial score (nSPS) is 20.7. The monoisotopic (exact) mass is 682 g/mol. The van der Waals surface area contributed by atoms with Gasteiger partial charge in [-0.25, -0.2) is 4.79 Å². The number of fused-ring (bicyclic) bond motifs is 2. The van der Waals surface area contributed by atoms with E-state index in [2.05, 4.69) is 27.6 Å². The van der Waals surface area contributed by atoms with Gasteiger partial charge in [-0.1, -0.05) is 24.3 Å². The highest BCUT2D eigenvalue weighted by Crippen LogP contribution is 2.34. The van der Waals surface area contributed by atoms with E-state index in [1.807, 2.05) is 49.9 Å². The highest BCUT2D eigenvalue weighted by atomic mass is 16.4. The zero-order valence-electron chi connectivity index (χ0n) is 28.7. The van der Waals surface area contributed by atoms with E-state index in [4.69, 9.17) is 0 Å². The number of aromatic amines is 1. The molecule has 12 nitrogen and oxygen atoms in total. The van der Waals surface area contributed by atoms with E-state index < -0.39 is 11.9 Å². The quantitative estimate of drug-likeness (QED) is 0.353. The van der Waals surface area contributed by atoms with Crippen molar-refractivity contribution in [1.82, 2.24) is 29.8 Å². The third kappa shape index (κ3) is 7.80. The van der Waals surface area contributed by atoms with Gasteiger partial charge in [-0.15, -0.1) is 0 Å². The molecule has 266 valence electrons. The Balaban J connectivity index is 0.963. The van der Waals surface area contributed by atoms with Gasteiger partial charge in [-0.3, -0.25) is 19.6 Å². The summed E-state index contributed by atoms with van der Waals surface area (Å²) in [6.07, 6.45) is 8.46. The molecule has 4 aliphatic heterocycles. The lowest BCUT2D eigenvalue weighted by Crippen LogP contribution is -2.50. The van der Waals surface area contributed by atoms with Crippen molar-refractivity contribution >= 4 is 40.4 Å². The lowest BCUT2D eigenvalue weighted by Gasteiger charge is -2.41. The largest absolute Gasteiger partial charge is 0.549 e. The van der Waals surface area contributed by atoms with Crippen LogP contribution in [0.4, 0.5) is 10.5 Å². The van der Waals surface area contributed by atoms with E-state index in [0.29, 0.717) is 63.8 Å². The second kappa shape index (κ2) is 15.2. The molecular weight excluding hydrogens is 634 g/mol. The van der Waals surface area contributed by atoms with Gasteiger partial charge in [0.05, 0.1) is 23.6 Å². The van der Waals surface area contributed by atoms with E-state index in [0.717, 1.165) is 72.9 Å². The number of piperidine rings is 3. The summed E-state index contributed by atoms with van der Waals surface area (Å²) in [7, 11) is 0. The third-order valence-corrected chi connectivity index (χ3v) is 11.7. The van der Waals surface area contributed by atoms with Crippen LogP contribution in [0.2, 0.25) is 0 Å². The summed E-state index contributed by atoms with van der Waals surface area (Å²) in [4.78, 5) is 60.0. The van der Waals surface area contributed by atoms with Crippen molar-refractivity contribution in [3.05, 3.63) is 59.8 Å². The summed E-state index contributed by atoms with van der Waals surface area (Å²) >= 11 is 0. The van der Waals surface area contributed by atoms with Crippen LogP contribution >= 0.6 is 0 Å². The zero-order chi connectivity index (χ0) is 34.6. The second-order valence-corrected chi connectivity index (χ2v) is 14.7. The summed E-state index contributed by atoms with van der Waals surface area (Å²) in [5, 5.41) is 22.2. The number of hydrogen-bond acceptors (Lipinski definition) is 7. The Morgan fingerprint density at radius 1 is 0.860 bits per heavy atom. The molecule has 5 heterocycles. The number of nitrogens with one attached hydrogen (secondary N) is 2. The minimum atomic E-state index is -1.02. The molecule has 0 radical (unpaired) electrons. The van der Waals surface area contributed by atoms with E-state index in [1.165, 1.54) is 0 Å². The molecule has 1 aromatic heterocycles. The predicted octanol–water partition coefficient (Wildman–Crippen LogP) is 2.89. The fourth-order valence-electron chi connectivity index (χ4n) is 8.77. The first-order chi connectivity index (χ1) is 24.3. The van der Waals surface area contributed by atoms with E-state index in [1.54, 1.807) is 6.20 Å². The van der Waals surface area contributed by atoms with Crippen molar-refractivity contribution < 1.29 is 24.3 Å². The lowest BCUT2D eigenvalue weighted by molar-refractivity contribution is -0.306. The Morgan fingerprint density at radius 2 is 1.56 bits per heavy atom. The molecule has 0 aliphatic carbocycles. The van der Waals surface area contributed by atoms with Crippen LogP contribution in [0.15, 0.2) is 48.7 Å². The number of carboxylic acids is 1. The van der Waals surface area contributed by atoms with Crippen molar-refractivity contribution in [2.75, 3.05) is 57.7 Å². The number of aromatic nitrogens is 2. The number of anilines is 1. The molecule has 12 heteroatoms. The van der Waals surface area contributed by atoms with Crippen molar-refractivity contribution in [2.45, 2.75) is 63.8 Å². The average molecular weight is 683 g/mol. The van der Waals surface area contributed by atoms with Crippen LogP contribution in [0.5, 0.6) is 0 Å². The Hall–Kier alpha value is -4.45. The minimum absolute atomic E-state index is 0.00267. The molecule has 4 aliphatic rings. The van der Waals surface area contributed by atoms with Crippen molar-refractivity contribution in [3.8, 4) is 0 Å². The Kier molecular flexibility index (Phi) is 10.3. The first-order valence-corrected chi connectivity index (χ1v) is 18.4. The standard InChI is InChI=1S/C38H49N7O5/c46-35(43-18-12-32(13-19-43)45-20-11-29-3-1-2-4-33(29)40-38(45)50)23-30(21-26-5-6-34-31(22-26)24-39-41-34)37(49)44-16-9-28(10-17-44)27-7-14-42(15-8-27)25-36(47)48/h1-6,22,24,27-28,30,32H,7-21,23,25H2,(H,39,41)(H,40,50)(H,47,48)/p-1. The maximum Gasteiger partial charge on any atom is 0.322 e. The molecule has 0 bridgehead atoms. The van der Waals surface area contributed by atoms with E-state index >= 15 is 0 Å². The number of aliphatic carboxylic acids is 1. The third-order valence-electron chi connectivity index (χ3n) is 11.7. The van der Waals surface area contributed by atoms with Gasteiger partial charge in [0.25, 0.3) is 0 Å². The van der Waals surface area contributed by atoms with E-state index in [-0.39, 0.29) is 36.9 Å². The predicted molar refractivity (Wildman–Crippen MR) is 187 cm³/mol. The summed E-state index contributed by atoms with van der Waals surface area (Å²) in [6, 6.07) is 14.0. The number of carbonyl (C=O) groups is 4. The summed E-state index contributed by atoms with van der Waals surface area (Å²) in [5.41, 5.74) is 3.95. The molecule has 4 amide bonds. The maximum absolute atomic E-state index is 14.2. The molecule has 1 unspecified atom stereocenters. The topological polar surface area (TPSA) is 145 Å². The van der Waals surface area contributed by atoms with Gasteiger partial charge in [-0.05, 0) is 106 Å². The molecule has 50 heavy (non-hydrogen) atoms. The number of nitrogens with zero attached hydrogens (tertiary/aromatic N) is 5. The molecule has 0 saturated carbocycles. The number of carbonyl (C=O) groups excluding carboxylic acids is 4.